The van der Waals surface area contributed by atoms with Gasteiger partial charge in [-0.2, -0.15) is 0 Å². The lowest BCUT2D eigenvalue weighted by molar-refractivity contribution is 0.415. The van der Waals surface area contributed by atoms with Crippen LogP contribution in [0, 0.1) is 6.92 Å². The number of ether oxygens (including phenoxy) is 1. The zero-order valence-electron chi connectivity index (χ0n) is 12.1. The van der Waals surface area contributed by atoms with Crippen LogP contribution < -0.4 is 15.0 Å². The van der Waals surface area contributed by atoms with E-state index in [0.29, 0.717) is 5.11 Å². The Morgan fingerprint density at radius 1 is 1.26 bits per heavy atom. The molecule has 0 saturated carbocycles. The number of hydrogen-bond donors (Lipinski definition) is 1. The van der Waals surface area contributed by atoms with E-state index in [1.807, 2.05) is 17.0 Å². The number of aryl methyl sites for hydroxylation is 1. The maximum atomic E-state index is 5.50. The molecule has 0 bridgehead atoms. The number of benzene rings is 1. The summed E-state index contributed by atoms with van der Waals surface area (Å²) in [4.78, 5) is 2.02. The van der Waals surface area contributed by atoms with E-state index in [0.717, 1.165) is 17.1 Å². The lowest BCUT2D eigenvalue weighted by Gasteiger charge is -2.38. The van der Waals surface area contributed by atoms with Gasteiger partial charge in [0.1, 0.15) is 5.75 Å². The third kappa shape index (κ3) is 2.73. The van der Waals surface area contributed by atoms with E-state index >= 15 is 0 Å². The molecule has 0 spiro atoms. The number of rotatable bonds is 2. The topological polar surface area (TPSA) is 24.5 Å². The molecule has 3 nitrogen and oxygen atoms in total. The summed E-state index contributed by atoms with van der Waals surface area (Å²) < 4.78 is 5.45. The Labute approximate surface area is 120 Å². The molecule has 1 N–H and O–H groups in total. The Hall–Kier alpha value is -1.55. The molecule has 2 rings (SSSR count). The van der Waals surface area contributed by atoms with Crippen LogP contribution in [0.15, 0.2) is 30.0 Å². The second-order valence-corrected chi connectivity index (χ2v) is 5.83. The molecule has 0 radical (unpaired) electrons. The second kappa shape index (κ2) is 4.85. The van der Waals surface area contributed by atoms with Crippen LogP contribution in [0.1, 0.15) is 26.3 Å². The van der Waals surface area contributed by atoms with Crippen molar-refractivity contribution >= 4 is 23.0 Å². The van der Waals surface area contributed by atoms with Gasteiger partial charge < -0.3 is 10.1 Å². The summed E-state index contributed by atoms with van der Waals surface area (Å²) in [5.41, 5.74) is 3.15. The first-order valence-corrected chi connectivity index (χ1v) is 6.71. The molecule has 19 heavy (non-hydrogen) atoms. The third-order valence-corrected chi connectivity index (χ3v) is 3.41. The fourth-order valence-corrected chi connectivity index (χ4v) is 2.89. The van der Waals surface area contributed by atoms with Crippen molar-refractivity contribution in [1.29, 1.82) is 0 Å². The molecule has 0 saturated heterocycles. The fraction of sp³-hybridized carbons (Fsp3) is 0.400. The highest BCUT2D eigenvalue weighted by Gasteiger charge is 2.29. The monoisotopic (exact) mass is 276 g/mol. The predicted molar refractivity (Wildman–Crippen MR) is 83.8 cm³/mol. The molecule has 1 aromatic rings. The van der Waals surface area contributed by atoms with Crippen LogP contribution in [0.2, 0.25) is 0 Å². The fourth-order valence-electron chi connectivity index (χ4n) is 2.39. The summed E-state index contributed by atoms with van der Waals surface area (Å²) in [7, 11) is 1.68. The number of methoxy groups -OCH3 is 1. The third-order valence-electron chi connectivity index (χ3n) is 3.13. The first kappa shape index (κ1) is 13.9. The maximum absolute atomic E-state index is 5.50. The normalized spacial score (nSPS) is 17.8. The smallest absolute Gasteiger partial charge is 0.178 e. The van der Waals surface area contributed by atoms with Crippen LogP contribution in [0.25, 0.3) is 0 Å². The second-order valence-electron chi connectivity index (χ2n) is 5.45. The molecule has 0 amide bonds. The van der Waals surface area contributed by atoms with Gasteiger partial charge in [-0.15, -0.1) is 0 Å². The minimum Gasteiger partial charge on any atom is -0.495 e. The summed E-state index contributed by atoms with van der Waals surface area (Å²) in [5.74, 6) is 0.821. The standard InChI is InChI=1S/C15H20N2OS/c1-10-6-7-13(18-5)12(8-10)17-11(2)9-15(3,4)16-14(17)19/h6-9H,1-5H3,(H,16,19). The van der Waals surface area contributed by atoms with E-state index in [-0.39, 0.29) is 5.54 Å². The van der Waals surface area contributed by atoms with Gasteiger partial charge in [0, 0.05) is 5.70 Å². The highest BCUT2D eigenvalue weighted by atomic mass is 32.1. The molecule has 1 aromatic carbocycles. The first-order valence-electron chi connectivity index (χ1n) is 6.30. The van der Waals surface area contributed by atoms with E-state index in [9.17, 15) is 0 Å². The Kier molecular flexibility index (Phi) is 3.54. The number of hydrogen-bond acceptors (Lipinski definition) is 2. The molecule has 0 atom stereocenters. The first-order chi connectivity index (χ1) is 8.84. The Morgan fingerprint density at radius 2 is 1.95 bits per heavy atom. The number of nitrogens with zero attached hydrogens (tertiary/aromatic N) is 1. The lowest BCUT2D eigenvalue weighted by atomic mass is 10.0. The minimum absolute atomic E-state index is 0.116. The predicted octanol–water partition coefficient (Wildman–Crippen LogP) is 3.38. The Bertz CT molecular complexity index is 549. The molecule has 1 aliphatic rings. The van der Waals surface area contributed by atoms with Crippen LogP contribution in [-0.4, -0.2) is 17.8 Å². The molecule has 1 aliphatic heterocycles. The molecular formula is C15H20N2OS. The van der Waals surface area contributed by atoms with Crippen molar-refractivity contribution < 1.29 is 4.74 Å². The number of allylic oxidation sites excluding steroid dienone is 1. The van der Waals surface area contributed by atoms with Crippen molar-refractivity contribution in [3.63, 3.8) is 0 Å². The van der Waals surface area contributed by atoms with Gasteiger partial charge in [-0.05, 0) is 63.7 Å². The van der Waals surface area contributed by atoms with Crippen LogP contribution in [-0.2, 0) is 0 Å². The van der Waals surface area contributed by atoms with Crippen molar-refractivity contribution in [2.75, 3.05) is 12.0 Å². The van der Waals surface area contributed by atoms with E-state index in [1.165, 1.54) is 5.56 Å². The number of thiocarbonyl (C=S) groups is 1. The maximum Gasteiger partial charge on any atom is 0.178 e. The largest absolute Gasteiger partial charge is 0.495 e. The highest BCUT2D eigenvalue weighted by molar-refractivity contribution is 7.80. The molecule has 1 heterocycles. The van der Waals surface area contributed by atoms with Gasteiger partial charge in [-0.1, -0.05) is 6.07 Å². The summed E-state index contributed by atoms with van der Waals surface area (Å²) >= 11 is 5.50. The van der Waals surface area contributed by atoms with Crippen molar-refractivity contribution in [3.8, 4) is 5.75 Å². The average Bonchev–Trinajstić information content (AvgIpc) is 2.26. The molecule has 0 aliphatic carbocycles. The quantitative estimate of drug-likeness (QED) is 0.837. The summed E-state index contributed by atoms with van der Waals surface area (Å²) in [6.45, 7) is 8.34. The zero-order chi connectivity index (χ0) is 14.2. The molecule has 4 heteroatoms. The van der Waals surface area contributed by atoms with Gasteiger partial charge in [0.05, 0.1) is 18.3 Å². The molecular weight excluding hydrogens is 256 g/mol. The van der Waals surface area contributed by atoms with Crippen LogP contribution in [0.5, 0.6) is 5.75 Å². The van der Waals surface area contributed by atoms with Gasteiger partial charge >= 0.3 is 0 Å². The van der Waals surface area contributed by atoms with Gasteiger partial charge in [-0.3, -0.25) is 4.90 Å². The zero-order valence-corrected chi connectivity index (χ0v) is 12.9. The van der Waals surface area contributed by atoms with E-state index in [4.69, 9.17) is 17.0 Å². The summed E-state index contributed by atoms with van der Waals surface area (Å²) in [6, 6.07) is 6.09. The van der Waals surface area contributed by atoms with Gasteiger partial charge in [0.25, 0.3) is 0 Å². The van der Waals surface area contributed by atoms with Crippen molar-refractivity contribution in [2.24, 2.45) is 0 Å². The molecule has 0 aromatic heterocycles. The Balaban J connectivity index is 2.53. The summed E-state index contributed by atoms with van der Waals surface area (Å²) in [6.07, 6.45) is 2.17. The highest BCUT2D eigenvalue weighted by Crippen LogP contribution is 2.34. The molecule has 102 valence electrons. The van der Waals surface area contributed by atoms with E-state index < -0.39 is 0 Å². The van der Waals surface area contributed by atoms with Gasteiger partial charge in [-0.25, -0.2) is 0 Å². The number of anilines is 1. The van der Waals surface area contributed by atoms with Crippen LogP contribution >= 0.6 is 12.2 Å². The van der Waals surface area contributed by atoms with Crippen molar-refractivity contribution in [3.05, 3.63) is 35.5 Å². The Morgan fingerprint density at radius 3 is 2.53 bits per heavy atom. The lowest BCUT2D eigenvalue weighted by Crippen LogP contribution is -2.53. The minimum atomic E-state index is -0.116. The average molecular weight is 276 g/mol. The van der Waals surface area contributed by atoms with Crippen LogP contribution in [0.3, 0.4) is 0 Å². The molecule has 0 fully saturated rings. The SMILES string of the molecule is COc1ccc(C)cc1N1C(=S)NC(C)(C)C=C1C. The van der Waals surface area contributed by atoms with Crippen molar-refractivity contribution in [1.82, 2.24) is 5.32 Å². The van der Waals surface area contributed by atoms with Crippen molar-refractivity contribution in [2.45, 2.75) is 33.2 Å². The van der Waals surface area contributed by atoms with E-state index in [2.05, 4.69) is 45.2 Å². The molecule has 0 unspecified atom stereocenters. The van der Waals surface area contributed by atoms with Crippen LogP contribution in [0.4, 0.5) is 5.69 Å². The van der Waals surface area contributed by atoms with E-state index in [1.54, 1.807) is 7.11 Å². The van der Waals surface area contributed by atoms with Gasteiger partial charge in [0.2, 0.25) is 0 Å². The van der Waals surface area contributed by atoms with Gasteiger partial charge in [0.15, 0.2) is 5.11 Å². The number of nitrogens with one attached hydrogen (secondary N) is 1. The summed E-state index contributed by atoms with van der Waals surface area (Å²) in [5, 5.41) is 4.03.